The van der Waals surface area contributed by atoms with Crippen molar-refractivity contribution in [2.75, 3.05) is 19.8 Å². The molecule has 1 aliphatic heterocycles. The molecule has 1 atom stereocenters. The summed E-state index contributed by atoms with van der Waals surface area (Å²) in [6.45, 7) is 7.00. The van der Waals surface area contributed by atoms with E-state index in [1.807, 2.05) is 11.6 Å². The molecule has 0 aromatic carbocycles. The molecule has 1 aromatic rings. The summed E-state index contributed by atoms with van der Waals surface area (Å²) in [5.74, 6) is 0.971. The second kappa shape index (κ2) is 3.90. The number of nitrogens with one attached hydrogen (secondary N) is 1. The van der Waals surface area contributed by atoms with Crippen LogP contribution in [0.5, 0.6) is 0 Å². The first kappa shape index (κ1) is 10.6. The van der Waals surface area contributed by atoms with Gasteiger partial charge in [0.15, 0.2) is 0 Å². The lowest BCUT2D eigenvalue weighted by molar-refractivity contribution is -0.1000. The van der Waals surface area contributed by atoms with E-state index in [-0.39, 0.29) is 6.04 Å². The topological polar surface area (TPSA) is 52.0 Å². The Kier molecular flexibility index (Phi) is 2.75. The molecule has 15 heavy (non-hydrogen) atoms. The van der Waals surface area contributed by atoms with Gasteiger partial charge >= 0.3 is 0 Å². The van der Waals surface area contributed by atoms with E-state index in [9.17, 15) is 0 Å². The fourth-order valence-electron chi connectivity index (χ4n) is 1.73. The van der Waals surface area contributed by atoms with E-state index in [1.54, 1.807) is 6.33 Å². The highest BCUT2D eigenvalue weighted by Gasteiger charge is 2.33. The Labute approximate surface area is 89.8 Å². The standard InChI is InChI=1S/C10H18N4O/c1-8(9-13-12-7-14(9)3)11-4-10(2)5-15-6-10/h7-8,11H,4-6H2,1-3H3. The van der Waals surface area contributed by atoms with Crippen molar-refractivity contribution < 1.29 is 4.74 Å². The van der Waals surface area contributed by atoms with E-state index in [4.69, 9.17) is 4.74 Å². The molecular weight excluding hydrogens is 192 g/mol. The van der Waals surface area contributed by atoms with Crippen molar-refractivity contribution in [1.82, 2.24) is 20.1 Å². The second-order valence-corrected chi connectivity index (χ2v) is 4.71. The highest BCUT2D eigenvalue weighted by atomic mass is 16.5. The minimum Gasteiger partial charge on any atom is -0.380 e. The summed E-state index contributed by atoms with van der Waals surface area (Å²) in [4.78, 5) is 0. The van der Waals surface area contributed by atoms with Crippen LogP contribution in [0.2, 0.25) is 0 Å². The monoisotopic (exact) mass is 210 g/mol. The molecule has 1 unspecified atom stereocenters. The zero-order valence-electron chi connectivity index (χ0n) is 9.53. The molecule has 1 aromatic heterocycles. The highest BCUT2D eigenvalue weighted by molar-refractivity contribution is 4.93. The third-order valence-corrected chi connectivity index (χ3v) is 2.87. The lowest BCUT2D eigenvalue weighted by Crippen LogP contribution is -2.47. The summed E-state index contributed by atoms with van der Waals surface area (Å²) in [6.07, 6.45) is 1.72. The van der Waals surface area contributed by atoms with Crippen molar-refractivity contribution in [2.24, 2.45) is 12.5 Å². The average Bonchev–Trinajstić information content (AvgIpc) is 2.58. The summed E-state index contributed by atoms with van der Waals surface area (Å²) in [5, 5.41) is 11.4. The molecule has 0 spiro atoms. The van der Waals surface area contributed by atoms with Crippen LogP contribution >= 0.6 is 0 Å². The number of aryl methyl sites for hydroxylation is 1. The molecule has 0 saturated carbocycles. The van der Waals surface area contributed by atoms with Crippen LogP contribution in [-0.4, -0.2) is 34.5 Å². The van der Waals surface area contributed by atoms with Gasteiger partial charge in [0.05, 0.1) is 19.3 Å². The molecule has 5 nitrogen and oxygen atoms in total. The minimum absolute atomic E-state index is 0.231. The van der Waals surface area contributed by atoms with E-state index < -0.39 is 0 Å². The summed E-state index contributed by atoms with van der Waals surface area (Å²) in [7, 11) is 1.96. The van der Waals surface area contributed by atoms with Crippen molar-refractivity contribution in [3.63, 3.8) is 0 Å². The van der Waals surface area contributed by atoms with Crippen LogP contribution in [0, 0.1) is 5.41 Å². The molecular formula is C10H18N4O. The normalized spacial score (nSPS) is 21.0. The van der Waals surface area contributed by atoms with Crippen LogP contribution in [0.25, 0.3) is 0 Å². The Balaban J connectivity index is 1.87. The van der Waals surface area contributed by atoms with Crippen LogP contribution in [0.3, 0.4) is 0 Å². The zero-order chi connectivity index (χ0) is 10.9. The van der Waals surface area contributed by atoms with Gasteiger partial charge < -0.3 is 14.6 Å². The smallest absolute Gasteiger partial charge is 0.149 e. The minimum atomic E-state index is 0.231. The SMILES string of the molecule is CC(NCC1(C)COC1)c1nncn1C. The summed E-state index contributed by atoms with van der Waals surface area (Å²) >= 11 is 0. The zero-order valence-corrected chi connectivity index (χ0v) is 9.53. The Morgan fingerprint density at radius 2 is 2.40 bits per heavy atom. The van der Waals surface area contributed by atoms with E-state index >= 15 is 0 Å². The molecule has 2 rings (SSSR count). The van der Waals surface area contributed by atoms with Crippen molar-refractivity contribution in [3.05, 3.63) is 12.2 Å². The molecule has 1 N–H and O–H groups in total. The van der Waals surface area contributed by atoms with Crippen molar-refractivity contribution in [1.29, 1.82) is 0 Å². The molecule has 0 amide bonds. The lowest BCUT2D eigenvalue weighted by Gasteiger charge is -2.38. The van der Waals surface area contributed by atoms with Gasteiger partial charge in [0.1, 0.15) is 12.2 Å². The number of rotatable bonds is 4. The van der Waals surface area contributed by atoms with Crippen LogP contribution < -0.4 is 5.32 Å². The highest BCUT2D eigenvalue weighted by Crippen LogP contribution is 2.26. The molecule has 84 valence electrons. The number of ether oxygens (including phenoxy) is 1. The molecule has 2 heterocycles. The van der Waals surface area contributed by atoms with E-state index in [2.05, 4.69) is 29.4 Å². The molecule has 5 heteroatoms. The first-order valence-corrected chi connectivity index (χ1v) is 5.26. The molecule has 0 radical (unpaired) electrons. The Morgan fingerprint density at radius 1 is 1.67 bits per heavy atom. The van der Waals surface area contributed by atoms with Gasteiger partial charge in [-0.05, 0) is 6.92 Å². The van der Waals surface area contributed by atoms with E-state index in [1.165, 1.54) is 0 Å². The van der Waals surface area contributed by atoms with Gasteiger partial charge in [-0.2, -0.15) is 0 Å². The summed E-state index contributed by atoms with van der Waals surface area (Å²) in [6, 6.07) is 0.231. The lowest BCUT2D eigenvalue weighted by atomic mass is 9.88. The first-order chi connectivity index (χ1) is 7.11. The summed E-state index contributed by atoms with van der Waals surface area (Å²) in [5.41, 5.74) is 0.298. The van der Waals surface area contributed by atoms with Gasteiger partial charge in [-0.1, -0.05) is 6.92 Å². The third kappa shape index (κ3) is 2.18. The van der Waals surface area contributed by atoms with Crippen LogP contribution in [0.4, 0.5) is 0 Å². The molecule has 1 fully saturated rings. The Bertz CT molecular complexity index is 332. The number of nitrogens with zero attached hydrogens (tertiary/aromatic N) is 3. The van der Waals surface area contributed by atoms with Crippen molar-refractivity contribution in [2.45, 2.75) is 19.9 Å². The van der Waals surface area contributed by atoms with Gasteiger partial charge in [-0.3, -0.25) is 0 Å². The predicted molar refractivity (Wildman–Crippen MR) is 56.3 cm³/mol. The Morgan fingerprint density at radius 3 is 2.87 bits per heavy atom. The fourth-order valence-corrected chi connectivity index (χ4v) is 1.73. The molecule has 0 bridgehead atoms. The van der Waals surface area contributed by atoms with Gasteiger partial charge in [-0.15, -0.1) is 10.2 Å². The maximum absolute atomic E-state index is 5.21. The fraction of sp³-hybridized carbons (Fsp3) is 0.800. The third-order valence-electron chi connectivity index (χ3n) is 2.87. The number of aromatic nitrogens is 3. The van der Waals surface area contributed by atoms with Gasteiger partial charge in [-0.25, -0.2) is 0 Å². The Hall–Kier alpha value is -0.940. The van der Waals surface area contributed by atoms with Crippen LogP contribution in [0.1, 0.15) is 25.7 Å². The predicted octanol–water partition coefficient (Wildman–Crippen LogP) is 0.502. The van der Waals surface area contributed by atoms with Crippen molar-refractivity contribution in [3.8, 4) is 0 Å². The maximum atomic E-state index is 5.21. The molecule has 1 aliphatic rings. The number of hydrogen-bond acceptors (Lipinski definition) is 4. The van der Waals surface area contributed by atoms with Crippen molar-refractivity contribution >= 4 is 0 Å². The largest absolute Gasteiger partial charge is 0.380 e. The van der Waals surface area contributed by atoms with E-state index in [0.717, 1.165) is 25.6 Å². The van der Waals surface area contributed by atoms with Crippen LogP contribution in [0.15, 0.2) is 6.33 Å². The van der Waals surface area contributed by atoms with Gasteiger partial charge in [0.25, 0.3) is 0 Å². The molecule has 1 saturated heterocycles. The molecule has 0 aliphatic carbocycles. The van der Waals surface area contributed by atoms with E-state index in [0.29, 0.717) is 5.41 Å². The van der Waals surface area contributed by atoms with Gasteiger partial charge in [0, 0.05) is 19.0 Å². The quantitative estimate of drug-likeness (QED) is 0.786. The number of hydrogen-bond donors (Lipinski definition) is 1. The second-order valence-electron chi connectivity index (χ2n) is 4.71. The average molecular weight is 210 g/mol. The maximum Gasteiger partial charge on any atom is 0.149 e. The van der Waals surface area contributed by atoms with Gasteiger partial charge in [0.2, 0.25) is 0 Å². The van der Waals surface area contributed by atoms with Crippen LogP contribution in [-0.2, 0) is 11.8 Å². The first-order valence-electron chi connectivity index (χ1n) is 5.26. The summed E-state index contributed by atoms with van der Waals surface area (Å²) < 4.78 is 7.15.